The van der Waals surface area contributed by atoms with E-state index in [0.717, 1.165) is 63.3 Å². The fraction of sp³-hybridized carbons (Fsp3) is 0.588. The monoisotopic (exact) mass is 375 g/mol. The van der Waals surface area contributed by atoms with Crippen molar-refractivity contribution >= 4 is 36.4 Å². The molecule has 0 unspecified atom stereocenters. The maximum absolute atomic E-state index is 12.6. The van der Waals surface area contributed by atoms with E-state index in [1.807, 2.05) is 23.1 Å². The Morgan fingerprint density at radius 1 is 1.08 bits per heavy atom. The molecule has 2 aliphatic rings. The molecule has 7 heteroatoms. The quantitative estimate of drug-likeness (QED) is 0.881. The van der Waals surface area contributed by atoms with E-state index in [-0.39, 0.29) is 30.7 Å². The number of hydrogen-bond donors (Lipinski definition) is 1. The first-order valence-corrected chi connectivity index (χ1v) is 8.10. The van der Waals surface area contributed by atoms with Crippen molar-refractivity contribution in [3.63, 3.8) is 0 Å². The van der Waals surface area contributed by atoms with Crippen LogP contribution in [0.1, 0.15) is 25.7 Å². The van der Waals surface area contributed by atoms with Crippen LogP contribution in [0.15, 0.2) is 24.3 Å². The Labute approximate surface area is 156 Å². The lowest BCUT2D eigenvalue weighted by Crippen LogP contribution is -2.58. The second kappa shape index (κ2) is 8.79. The maximum Gasteiger partial charge on any atom is 0.242 e. The number of carbonyl (C=O) groups excluding carboxylic acids is 1. The molecule has 0 radical (unpaired) electrons. The van der Waals surface area contributed by atoms with Gasteiger partial charge < -0.3 is 20.3 Å². The molecule has 1 heterocycles. The predicted octanol–water partition coefficient (Wildman–Crippen LogP) is 2.46. The molecule has 1 aromatic rings. The highest BCUT2D eigenvalue weighted by Crippen LogP contribution is 2.31. The largest absolute Gasteiger partial charge is 0.495 e. The smallest absolute Gasteiger partial charge is 0.242 e. The molecule has 2 N–H and O–H groups in total. The third-order valence-corrected chi connectivity index (χ3v) is 4.91. The zero-order chi connectivity index (χ0) is 15.6. The van der Waals surface area contributed by atoms with Crippen LogP contribution in [0.3, 0.4) is 0 Å². The number of piperazine rings is 1. The lowest BCUT2D eigenvalue weighted by molar-refractivity contribution is -0.137. The lowest BCUT2D eigenvalue weighted by atomic mass is 9.97. The molecule has 1 aliphatic heterocycles. The molecule has 1 saturated carbocycles. The van der Waals surface area contributed by atoms with Crippen molar-refractivity contribution in [2.75, 3.05) is 38.2 Å². The first kappa shape index (κ1) is 20.9. The van der Waals surface area contributed by atoms with Crippen LogP contribution in [-0.4, -0.2) is 49.6 Å². The van der Waals surface area contributed by atoms with E-state index in [1.165, 1.54) is 0 Å². The highest BCUT2D eigenvalue weighted by molar-refractivity contribution is 5.86. The van der Waals surface area contributed by atoms with Gasteiger partial charge in [0.15, 0.2) is 0 Å². The van der Waals surface area contributed by atoms with E-state index >= 15 is 0 Å². The van der Waals surface area contributed by atoms with Gasteiger partial charge in [0, 0.05) is 26.2 Å². The van der Waals surface area contributed by atoms with Gasteiger partial charge in [-0.1, -0.05) is 25.0 Å². The molecule has 0 aromatic heterocycles. The van der Waals surface area contributed by atoms with Crippen LogP contribution in [0.5, 0.6) is 5.75 Å². The van der Waals surface area contributed by atoms with Crippen LogP contribution in [0, 0.1) is 0 Å². The summed E-state index contributed by atoms with van der Waals surface area (Å²) in [5, 5.41) is 0. The van der Waals surface area contributed by atoms with Gasteiger partial charge in [0.1, 0.15) is 5.75 Å². The average molecular weight is 376 g/mol. The van der Waals surface area contributed by atoms with Crippen molar-refractivity contribution in [1.29, 1.82) is 0 Å². The van der Waals surface area contributed by atoms with Crippen molar-refractivity contribution in [3.05, 3.63) is 24.3 Å². The number of carbonyl (C=O) groups is 1. The Bertz CT molecular complexity index is 542. The number of anilines is 1. The van der Waals surface area contributed by atoms with Crippen LogP contribution in [0.4, 0.5) is 5.69 Å². The molecule has 0 bridgehead atoms. The number of hydrogen-bond acceptors (Lipinski definition) is 4. The Hall–Kier alpha value is -1.17. The first-order valence-electron chi connectivity index (χ1n) is 8.10. The average Bonchev–Trinajstić information content (AvgIpc) is 3.02. The lowest BCUT2D eigenvalue weighted by Gasteiger charge is -2.39. The van der Waals surface area contributed by atoms with Gasteiger partial charge in [-0.05, 0) is 25.0 Å². The fourth-order valence-corrected chi connectivity index (χ4v) is 3.58. The minimum atomic E-state index is -0.605. The number of benzene rings is 1. The van der Waals surface area contributed by atoms with Crippen LogP contribution in [0.2, 0.25) is 0 Å². The first-order chi connectivity index (χ1) is 10.6. The minimum absolute atomic E-state index is 0. The Morgan fingerprint density at radius 3 is 2.25 bits per heavy atom. The molecule has 5 nitrogen and oxygen atoms in total. The number of ether oxygens (including phenoxy) is 1. The van der Waals surface area contributed by atoms with Crippen LogP contribution in [-0.2, 0) is 4.79 Å². The van der Waals surface area contributed by atoms with Crippen molar-refractivity contribution in [3.8, 4) is 5.75 Å². The van der Waals surface area contributed by atoms with Gasteiger partial charge in [-0.3, -0.25) is 4.79 Å². The summed E-state index contributed by atoms with van der Waals surface area (Å²) < 4.78 is 5.43. The van der Waals surface area contributed by atoms with Gasteiger partial charge in [-0.25, -0.2) is 0 Å². The number of amides is 1. The minimum Gasteiger partial charge on any atom is -0.495 e. The normalized spacial score (nSPS) is 19.2. The second-order valence-corrected chi connectivity index (χ2v) is 6.31. The highest BCUT2D eigenvalue weighted by atomic mass is 35.5. The van der Waals surface area contributed by atoms with Crippen LogP contribution in [0.25, 0.3) is 0 Å². The van der Waals surface area contributed by atoms with Gasteiger partial charge in [0.25, 0.3) is 0 Å². The van der Waals surface area contributed by atoms with Gasteiger partial charge in [0.05, 0.1) is 18.3 Å². The Morgan fingerprint density at radius 2 is 1.67 bits per heavy atom. The molecule has 0 atom stereocenters. The molecule has 1 amide bonds. The van der Waals surface area contributed by atoms with Crippen molar-refractivity contribution in [2.45, 2.75) is 31.2 Å². The summed E-state index contributed by atoms with van der Waals surface area (Å²) in [5.74, 6) is 1.03. The topological polar surface area (TPSA) is 58.8 Å². The molecular formula is C17H27Cl2N3O2. The number of halogens is 2. The summed E-state index contributed by atoms with van der Waals surface area (Å²) >= 11 is 0. The van der Waals surface area contributed by atoms with Crippen LogP contribution < -0.4 is 15.4 Å². The third-order valence-electron chi connectivity index (χ3n) is 4.91. The van der Waals surface area contributed by atoms with E-state index in [0.29, 0.717) is 0 Å². The van der Waals surface area contributed by atoms with Gasteiger partial charge in [0.2, 0.25) is 5.91 Å². The van der Waals surface area contributed by atoms with E-state index in [2.05, 4.69) is 11.0 Å². The summed E-state index contributed by atoms with van der Waals surface area (Å²) in [7, 11) is 1.69. The molecule has 1 saturated heterocycles. The molecule has 3 rings (SSSR count). The SMILES string of the molecule is COc1ccccc1N1CCN(C(=O)C2(N)CCCC2)CC1.Cl.Cl. The third kappa shape index (κ3) is 4.08. The summed E-state index contributed by atoms with van der Waals surface area (Å²) in [5.41, 5.74) is 6.79. The van der Waals surface area contributed by atoms with Crippen molar-refractivity contribution < 1.29 is 9.53 Å². The zero-order valence-electron chi connectivity index (χ0n) is 14.1. The number of methoxy groups -OCH3 is 1. The van der Waals surface area contributed by atoms with E-state index in [4.69, 9.17) is 10.5 Å². The standard InChI is InChI=1S/C17H25N3O2.2ClH/c1-22-15-7-3-2-6-14(15)19-10-12-20(13-11-19)16(21)17(18)8-4-5-9-17;;/h2-3,6-7H,4-5,8-13,18H2,1H3;2*1H. The Kier molecular flexibility index (Phi) is 7.64. The molecular weight excluding hydrogens is 349 g/mol. The van der Waals surface area contributed by atoms with Crippen LogP contribution >= 0.6 is 24.8 Å². The second-order valence-electron chi connectivity index (χ2n) is 6.31. The molecule has 0 spiro atoms. The highest BCUT2D eigenvalue weighted by Gasteiger charge is 2.40. The van der Waals surface area contributed by atoms with Crippen molar-refractivity contribution in [1.82, 2.24) is 4.90 Å². The predicted molar refractivity (Wildman–Crippen MR) is 102 cm³/mol. The Balaban J connectivity index is 0.00000144. The van der Waals surface area contributed by atoms with Crippen molar-refractivity contribution in [2.24, 2.45) is 5.73 Å². The zero-order valence-corrected chi connectivity index (χ0v) is 15.7. The molecule has 24 heavy (non-hydrogen) atoms. The van der Waals surface area contributed by atoms with E-state index < -0.39 is 5.54 Å². The van der Waals surface area contributed by atoms with Gasteiger partial charge in [-0.2, -0.15) is 0 Å². The number of nitrogens with two attached hydrogens (primary N) is 1. The van der Waals surface area contributed by atoms with E-state index in [9.17, 15) is 4.79 Å². The molecule has 136 valence electrons. The fourth-order valence-electron chi connectivity index (χ4n) is 3.58. The molecule has 1 aromatic carbocycles. The molecule has 2 fully saturated rings. The molecule has 1 aliphatic carbocycles. The summed E-state index contributed by atoms with van der Waals surface area (Å²) in [6, 6.07) is 8.03. The number of nitrogens with zero attached hydrogens (tertiary/aromatic N) is 2. The summed E-state index contributed by atoms with van der Waals surface area (Å²) in [6.45, 7) is 3.11. The number of rotatable bonds is 3. The van der Waals surface area contributed by atoms with Gasteiger partial charge in [-0.15, -0.1) is 24.8 Å². The van der Waals surface area contributed by atoms with E-state index in [1.54, 1.807) is 7.11 Å². The summed E-state index contributed by atoms with van der Waals surface area (Å²) in [4.78, 5) is 16.9. The maximum atomic E-state index is 12.6. The summed E-state index contributed by atoms with van der Waals surface area (Å²) in [6.07, 6.45) is 3.81. The van der Waals surface area contributed by atoms with Gasteiger partial charge >= 0.3 is 0 Å². The number of para-hydroxylation sites is 2.